The number of halogens is 1. The van der Waals surface area contributed by atoms with Crippen LogP contribution in [-0.4, -0.2) is 51.6 Å². The molecule has 10 heteroatoms. The summed E-state index contributed by atoms with van der Waals surface area (Å²) in [7, 11) is -11.0. The van der Waals surface area contributed by atoms with Gasteiger partial charge in [0.05, 0.1) is 0 Å². The van der Waals surface area contributed by atoms with E-state index in [1.807, 2.05) is 73.7 Å². The van der Waals surface area contributed by atoms with E-state index in [0.717, 1.165) is 5.56 Å². The van der Waals surface area contributed by atoms with Gasteiger partial charge in [0.2, 0.25) is 9.84 Å². The molecule has 0 aromatic heterocycles. The smallest absolute Gasteiger partial charge is 0.278 e. The number of fused-ring (bicyclic) bond motifs is 1. The van der Waals surface area contributed by atoms with Crippen molar-refractivity contribution >= 4 is 56.2 Å². The summed E-state index contributed by atoms with van der Waals surface area (Å²) in [5, 5.41) is 0. The minimum absolute atomic E-state index is 0.194. The molecule has 1 fully saturated rings. The van der Waals surface area contributed by atoms with E-state index in [2.05, 4.69) is 0 Å². The Hall–Kier alpha value is -0.723. The molecule has 0 radical (unpaired) electrons. The van der Waals surface area contributed by atoms with Crippen molar-refractivity contribution in [3.63, 3.8) is 0 Å². The number of β-lactam (4-membered cyclic amide) rings is 1. The minimum atomic E-state index is -4.32. The molecule has 1 aromatic rings. The number of hydrogen-bond donors (Lipinski definition) is 0. The first kappa shape index (κ1) is 23.9. The zero-order chi connectivity index (χ0) is 22.5. The van der Waals surface area contributed by atoms with Gasteiger partial charge in [0.1, 0.15) is 14.1 Å². The van der Waals surface area contributed by atoms with E-state index in [0.29, 0.717) is 26.2 Å². The average molecular weight is 582 g/mol. The third-order valence-corrected chi connectivity index (χ3v) is 21.8. The van der Waals surface area contributed by atoms with Gasteiger partial charge in [-0.2, -0.15) is 0 Å². The van der Waals surface area contributed by atoms with Crippen LogP contribution in [0.5, 0.6) is 0 Å². The first-order valence-corrected chi connectivity index (χ1v) is 17.1. The third kappa shape index (κ3) is 2.85. The van der Waals surface area contributed by atoms with Gasteiger partial charge in [0.25, 0.3) is 9.99 Å². The number of hydrogen-bond acceptors (Lipinski definition) is 5. The first-order chi connectivity index (χ1) is 14.0. The van der Waals surface area contributed by atoms with Crippen molar-refractivity contribution in [2.45, 2.75) is 62.5 Å². The van der Waals surface area contributed by atoms with Gasteiger partial charge < -0.3 is 4.90 Å². The number of sulfone groups is 2. The van der Waals surface area contributed by atoms with Crippen molar-refractivity contribution in [3.8, 4) is 0 Å². The van der Waals surface area contributed by atoms with Gasteiger partial charge in [-0.05, 0) is 28.2 Å². The van der Waals surface area contributed by atoms with Gasteiger partial charge in [-0.1, -0.05) is 76.2 Å². The maximum Gasteiger partial charge on any atom is 0.278 e. The second-order valence-corrected chi connectivity index (χ2v) is 19.4. The van der Waals surface area contributed by atoms with Gasteiger partial charge in [-0.15, -0.1) is 0 Å². The molecule has 2 aliphatic rings. The van der Waals surface area contributed by atoms with Crippen molar-refractivity contribution in [1.29, 1.82) is 0 Å². The molecule has 30 heavy (non-hydrogen) atoms. The van der Waals surface area contributed by atoms with Gasteiger partial charge in [0, 0.05) is 20.4 Å². The number of rotatable bonds is 8. The molecule has 2 heterocycles. The molecule has 0 bridgehead atoms. The third-order valence-electron chi connectivity index (χ3n) is 6.91. The molecule has 3 rings (SSSR count). The number of carbonyl (C=O) groups excluding carboxylic acids is 1. The fraction of sp³-hybridized carbons (Fsp3) is 0.550. The molecule has 6 nitrogen and oxygen atoms in total. The average Bonchev–Trinajstić information content (AvgIpc) is 2.90. The second-order valence-electron chi connectivity index (χ2n) is 7.91. The van der Waals surface area contributed by atoms with E-state index >= 15 is 0 Å². The summed E-state index contributed by atoms with van der Waals surface area (Å²) in [4.78, 5) is 14.9. The highest BCUT2D eigenvalue weighted by atomic mass is 127. The summed E-state index contributed by atoms with van der Waals surface area (Å²) in [5.41, 5.74) is 0.841. The zero-order valence-electron chi connectivity index (χ0n) is 17.7. The van der Waals surface area contributed by atoms with Crippen LogP contribution in [0, 0.1) is 0 Å². The zero-order valence-corrected chi connectivity index (χ0v) is 22.5. The molecular formula is C20H28INO5S2Si. The summed E-state index contributed by atoms with van der Waals surface area (Å²) in [6.07, 6.45) is 0. The Balaban J connectivity index is 2.27. The predicted octanol–water partition coefficient (Wildman–Crippen LogP) is 3.65. The summed E-state index contributed by atoms with van der Waals surface area (Å²) in [6, 6.07) is 10.4. The predicted molar refractivity (Wildman–Crippen MR) is 130 cm³/mol. The highest BCUT2D eigenvalue weighted by Crippen LogP contribution is 2.59. The van der Waals surface area contributed by atoms with Crippen molar-refractivity contribution in [1.82, 2.24) is 4.90 Å². The summed E-state index contributed by atoms with van der Waals surface area (Å²) >= 11 is 2.02. The number of benzene rings is 1. The largest absolute Gasteiger partial charge is 0.325 e. The summed E-state index contributed by atoms with van der Waals surface area (Å²) in [5.74, 6) is -1.18. The van der Waals surface area contributed by atoms with Crippen LogP contribution in [0.3, 0.4) is 0 Å². The fourth-order valence-electron chi connectivity index (χ4n) is 4.94. The number of likely N-dealkylation sites (tertiary alicyclic amines) is 1. The summed E-state index contributed by atoms with van der Waals surface area (Å²) in [6.45, 7) is 7.56. The minimum Gasteiger partial charge on any atom is -0.325 e. The maximum absolute atomic E-state index is 14.0. The number of nitrogens with zero attached hydrogens (tertiary/aromatic N) is 1. The molecule has 0 N–H and O–H groups in total. The Morgan fingerprint density at radius 1 is 1.07 bits per heavy atom. The van der Waals surface area contributed by atoms with Crippen LogP contribution in [0.15, 0.2) is 38.4 Å². The van der Waals surface area contributed by atoms with E-state index in [9.17, 15) is 21.6 Å². The molecule has 2 aliphatic heterocycles. The van der Waals surface area contributed by atoms with Crippen LogP contribution in [0.25, 0.3) is 0 Å². The Labute approximate surface area is 194 Å². The standard InChI is InChI=1S/C20H28INO5S2Si/c1-5-28(24,25)20-17(22(19(20)23)14-15-12-10-9-11-13-15)16(21)18(29(20,26)27)30(6-2,7-3)8-4/h9-13,17H,5-8,14H2,1-4H3/t17-,20+/m1/s1. The van der Waals surface area contributed by atoms with E-state index < -0.39 is 43.8 Å². The Bertz CT molecular complexity index is 1090. The maximum atomic E-state index is 14.0. The van der Waals surface area contributed by atoms with Crippen molar-refractivity contribution in [2.24, 2.45) is 0 Å². The van der Waals surface area contributed by atoms with E-state index in [-0.39, 0.29) is 12.3 Å². The molecule has 0 saturated carbocycles. The van der Waals surface area contributed by atoms with Crippen LogP contribution in [0.1, 0.15) is 33.3 Å². The molecular weight excluding hydrogens is 553 g/mol. The highest BCUT2D eigenvalue weighted by Gasteiger charge is 2.81. The van der Waals surface area contributed by atoms with E-state index in [1.165, 1.54) is 11.8 Å². The van der Waals surface area contributed by atoms with Gasteiger partial charge in [-0.3, -0.25) is 4.79 Å². The summed E-state index contributed by atoms with van der Waals surface area (Å²) < 4.78 is 52.9. The molecule has 0 unspecified atom stereocenters. The lowest BCUT2D eigenvalue weighted by Gasteiger charge is -2.50. The topological polar surface area (TPSA) is 88.6 Å². The van der Waals surface area contributed by atoms with E-state index in [4.69, 9.17) is 0 Å². The first-order valence-electron chi connectivity index (χ1n) is 10.2. The van der Waals surface area contributed by atoms with Crippen LogP contribution < -0.4 is 0 Å². The van der Waals surface area contributed by atoms with Crippen molar-refractivity contribution < 1.29 is 21.6 Å². The molecule has 1 saturated heterocycles. The van der Waals surface area contributed by atoms with Gasteiger partial charge in [-0.25, -0.2) is 16.8 Å². The number of carbonyl (C=O) groups is 1. The molecule has 1 amide bonds. The van der Waals surface area contributed by atoms with Crippen LogP contribution in [0.2, 0.25) is 18.1 Å². The van der Waals surface area contributed by atoms with Gasteiger partial charge >= 0.3 is 0 Å². The van der Waals surface area contributed by atoms with Crippen molar-refractivity contribution in [2.75, 3.05) is 5.75 Å². The van der Waals surface area contributed by atoms with Crippen LogP contribution in [-0.2, 0) is 31.0 Å². The molecule has 0 spiro atoms. The lowest BCUT2D eigenvalue weighted by Crippen LogP contribution is -2.77. The molecule has 1 aromatic carbocycles. The lowest BCUT2D eigenvalue weighted by atomic mass is 9.99. The Morgan fingerprint density at radius 3 is 2.07 bits per heavy atom. The quantitative estimate of drug-likeness (QED) is 0.266. The van der Waals surface area contributed by atoms with Crippen molar-refractivity contribution in [3.05, 3.63) is 44.0 Å². The Kier molecular flexibility index (Phi) is 6.38. The normalized spacial score (nSPS) is 26.0. The molecule has 0 aliphatic carbocycles. The SMILES string of the molecule is CC[Si](CC)(CC)C1=C(I)[C@H]2N(Cc3ccccc3)C(=O)[C@@]2(S(=O)(=O)CC)S1(=O)=O. The monoisotopic (exact) mass is 581 g/mol. The number of amides is 1. The highest BCUT2D eigenvalue weighted by molar-refractivity contribution is 14.1. The van der Waals surface area contributed by atoms with Gasteiger partial charge in [0.15, 0.2) is 9.84 Å². The van der Waals surface area contributed by atoms with E-state index in [1.54, 1.807) is 0 Å². The lowest BCUT2D eigenvalue weighted by molar-refractivity contribution is -0.145. The Morgan fingerprint density at radius 2 is 1.60 bits per heavy atom. The molecule has 166 valence electrons. The van der Waals surface area contributed by atoms with Crippen LogP contribution in [0.4, 0.5) is 0 Å². The molecule has 2 atom stereocenters. The fourth-order valence-corrected chi connectivity index (χ4v) is 21.0. The van der Waals surface area contributed by atoms with Crippen LogP contribution >= 0.6 is 22.6 Å². The second kappa shape index (κ2) is 8.00.